The molecule has 3 heteroatoms. The zero-order valence-corrected chi connectivity index (χ0v) is 8.82. The number of ketones is 1. The molecular weight excluding hydrogens is 180 g/mol. The first kappa shape index (κ1) is 11.2. The molecule has 3 nitrogen and oxygen atoms in total. The van der Waals surface area contributed by atoms with Crippen molar-refractivity contribution in [1.29, 1.82) is 0 Å². The molecule has 1 rings (SSSR count). The number of hydrogen-bond donors (Lipinski definition) is 1. The maximum atomic E-state index is 11.7. The molecule has 0 aromatic rings. The van der Waals surface area contributed by atoms with Gasteiger partial charge in [-0.05, 0) is 12.0 Å². The van der Waals surface area contributed by atoms with Crippen LogP contribution in [0, 0.1) is 5.92 Å². The molecule has 0 bridgehead atoms. The van der Waals surface area contributed by atoms with Crippen LogP contribution in [0.15, 0.2) is 11.8 Å². The Balaban J connectivity index is 2.58. The van der Waals surface area contributed by atoms with E-state index in [2.05, 4.69) is 0 Å². The largest absolute Gasteiger partial charge is 0.490 e. The second kappa shape index (κ2) is 5.15. The van der Waals surface area contributed by atoms with E-state index in [0.717, 1.165) is 19.3 Å². The Hall–Kier alpha value is -0.830. The third-order valence-electron chi connectivity index (χ3n) is 2.71. The van der Waals surface area contributed by atoms with E-state index in [0.29, 0.717) is 12.4 Å². The smallest absolute Gasteiger partial charge is 0.225 e. The first-order valence-electron chi connectivity index (χ1n) is 5.25. The van der Waals surface area contributed by atoms with Gasteiger partial charge in [0.2, 0.25) is 5.78 Å². The molecule has 1 atom stereocenters. The van der Waals surface area contributed by atoms with Gasteiger partial charge < -0.3 is 9.84 Å². The van der Waals surface area contributed by atoms with Crippen LogP contribution in [0.5, 0.6) is 0 Å². The summed E-state index contributed by atoms with van der Waals surface area (Å²) in [7, 11) is 0. The van der Waals surface area contributed by atoms with Crippen LogP contribution in [0.25, 0.3) is 0 Å². The van der Waals surface area contributed by atoms with Gasteiger partial charge >= 0.3 is 0 Å². The fourth-order valence-electron chi connectivity index (χ4n) is 1.68. The lowest BCUT2D eigenvalue weighted by atomic mass is 9.93. The molecule has 1 aliphatic rings. The molecule has 1 heterocycles. The molecule has 0 radical (unpaired) electrons. The first-order chi connectivity index (χ1) is 6.70. The number of Topliss-reactive ketones (excluding diaryl/α,β-unsaturated/α-hetero) is 1. The van der Waals surface area contributed by atoms with E-state index in [9.17, 15) is 9.90 Å². The molecule has 0 fully saturated rings. The summed E-state index contributed by atoms with van der Waals surface area (Å²) in [6.45, 7) is 4.53. The predicted octanol–water partition coefficient (Wildman–Crippen LogP) is 1.66. The molecule has 14 heavy (non-hydrogen) atoms. The molecule has 1 aliphatic heterocycles. The fourth-order valence-corrected chi connectivity index (χ4v) is 1.68. The van der Waals surface area contributed by atoms with Crippen LogP contribution in [0.4, 0.5) is 0 Å². The summed E-state index contributed by atoms with van der Waals surface area (Å²) in [5.41, 5.74) is 0. The lowest BCUT2D eigenvalue weighted by Crippen LogP contribution is -2.30. The van der Waals surface area contributed by atoms with Crippen LogP contribution < -0.4 is 0 Å². The average Bonchev–Trinajstić information content (AvgIpc) is 2.71. The van der Waals surface area contributed by atoms with E-state index in [-0.39, 0.29) is 11.7 Å². The van der Waals surface area contributed by atoms with Crippen molar-refractivity contribution in [1.82, 2.24) is 0 Å². The number of ether oxygens (including phenoxy) is 1. The van der Waals surface area contributed by atoms with Crippen molar-refractivity contribution in [2.45, 2.75) is 39.2 Å². The Bertz CT molecular complexity index is 229. The molecular formula is C11H18O3. The van der Waals surface area contributed by atoms with Gasteiger partial charge in [0.1, 0.15) is 6.10 Å². The second-order valence-corrected chi connectivity index (χ2v) is 3.59. The lowest BCUT2D eigenvalue weighted by molar-refractivity contribution is -0.129. The van der Waals surface area contributed by atoms with Gasteiger partial charge in [0, 0.05) is 6.42 Å². The molecule has 1 N–H and O–H groups in total. The highest BCUT2D eigenvalue weighted by atomic mass is 16.5. The Kier molecular flexibility index (Phi) is 4.14. The van der Waals surface area contributed by atoms with Gasteiger partial charge in [-0.15, -0.1) is 0 Å². The minimum absolute atomic E-state index is 0.0487. The van der Waals surface area contributed by atoms with Gasteiger partial charge in [0.25, 0.3) is 0 Å². The lowest BCUT2D eigenvalue weighted by Gasteiger charge is -2.18. The van der Waals surface area contributed by atoms with Gasteiger partial charge in [-0.1, -0.05) is 26.7 Å². The molecule has 0 saturated heterocycles. The Morgan fingerprint density at radius 3 is 2.64 bits per heavy atom. The van der Waals surface area contributed by atoms with Crippen molar-refractivity contribution in [2.24, 2.45) is 5.92 Å². The van der Waals surface area contributed by atoms with Gasteiger partial charge in [-0.2, -0.15) is 0 Å². The Morgan fingerprint density at radius 2 is 2.21 bits per heavy atom. The monoisotopic (exact) mass is 198 g/mol. The van der Waals surface area contributed by atoms with Gasteiger partial charge in [0.15, 0.2) is 5.76 Å². The number of hydrogen-bond acceptors (Lipinski definition) is 3. The highest BCUT2D eigenvalue weighted by Crippen LogP contribution is 2.19. The molecule has 0 aromatic heterocycles. The summed E-state index contributed by atoms with van der Waals surface area (Å²) in [6, 6.07) is 0. The van der Waals surface area contributed by atoms with Crippen LogP contribution in [0.2, 0.25) is 0 Å². The molecule has 80 valence electrons. The summed E-state index contributed by atoms with van der Waals surface area (Å²) in [5.74, 6) is 0.146. The average molecular weight is 198 g/mol. The first-order valence-corrected chi connectivity index (χ1v) is 5.25. The third kappa shape index (κ3) is 2.35. The van der Waals surface area contributed by atoms with Crippen molar-refractivity contribution < 1.29 is 14.6 Å². The standard InChI is InChI=1S/C11H18O3/c1-3-8(4-2)10(12)11(13)9-6-5-7-14-9/h6,8,10,12H,3-5,7H2,1-2H3. The zero-order valence-electron chi connectivity index (χ0n) is 8.82. The Morgan fingerprint density at radius 1 is 1.57 bits per heavy atom. The molecule has 0 aliphatic carbocycles. The number of carbonyl (C=O) groups excluding carboxylic acids is 1. The van der Waals surface area contributed by atoms with E-state index in [1.807, 2.05) is 13.8 Å². The van der Waals surface area contributed by atoms with Crippen LogP contribution in [-0.2, 0) is 9.53 Å². The predicted molar refractivity (Wildman–Crippen MR) is 53.7 cm³/mol. The summed E-state index contributed by atoms with van der Waals surface area (Å²) in [4.78, 5) is 11.7. The van der Waals surface area contributed by atoms with E-state index in [1.165, 1.54) is 0 Å². The number of carbonyl (C=O) groups is 1. The molecule has 0 amide bonds. The minimum atomic E-state index is -0.894. The second-order valence-electron chi connectivity index (χ2n) is 3.59. The SMILES string of the molecule is CCC(CC)C(O)C(=O)C1=CCCO1. The van der Waals surface area contributed by atoms with Crippen molar-refractivity contribution in [3.63, 3.8) is 0 Å². The number of rotatable bonds is 5. The van der Waals surface area contributed by atoms with Crippen molar-refractivity contribution in [3.8, 4) is 0 Å². The van der Waals surface area contributed by atoms with E-state index < -0.39 is 6.10 Å². The maximum Gasteiger partial charge on any atom is 0.225 e. The van der Waals surface area contributed by atoms with Crippen molar-refractivity contribution >= 4 is 5.78 Å². The Labute approximate surface area is 84.8 Å². The van der Waals surface area contributed by atoms with Crippen LogP contribution in [0.1, 0.15) is 33.1 Å². The minimum Gasteiger partial charge on any atom is -0.490 e. The highest BCUT2D eigenvalue weighted by Gasteiger charge is 2.28. The molecule has 0 aromatic carbocycles. The summed E-state index contributed by atoms with van der Waals surface area (Å²) in [5, 5.41) is 9.77. The summed E-state index contributed by atoms with van der Waals surface area (Å²) in [6.07, 6.45) is 3.27. The summed E-state index contributed by atoms with van der Waals surface area (Å²) < 4.78 is 5.13. The highest BCUT2D eigenvalue weighted by molar-refractivity contribution is 5.97. The van der Waals surface area contributed by atoms with Gasteiger partial charge in [0.05, 0.1) is 6.61 Å². The fraction of sp³-hybridized carbons (Fsp3) is 0.727. The zero-order chi connectivity index (χ0) is 10.6. The summed E-state index contributed by atoms with van der Waals surface area (Å²) >= 11 is 0. The molecule has 1 unspecified atom stereocenters. The quantitative estimate of drug-likeness (QED) is 0.730. The van der Waals surface area contributed by atoms with E-state index in [1.54, 1.807) is 6.08 Å². The normalized spacial score (nSPS) is 17.9. The van der Waals surface area contributed by atoms with Gasteiger partial charge in [-0.25, -0.2) is 0 Å². The van der Waals surface area contributed by atoms with Gasteiger partial charge in [-0.3, -0.25) is 4.79 Å². The maximum absolute atomic E-state index is 11.7. The van der Waals surface area contributed by atoms with Crippen molar-refractivity contribution in [3.05, 3.63) is 11.8 Å². The molecule has 0 saturated carbocycles. The van der Waals surface area contributed by atoms with Crippen molar-refractivity contribution in [2.75, 3.05) is 6.61 Å². The number of aliphatic hydroxyl groups is 1. The van der Waals surface area contributed by atoms with Crippen LogP contribution in [0.3, 0.4) is 0 Å². The van der Waals surface area contributed by atoms with E-state index in [4.69, 9.17) is 4.74 Å². The topological polar surface area (TPSA) is 46.5 Å². The third-order valence-corrected chi connectivity index (χ3v) is 2.71. The van der Waals surface area contributed by atoms with Crippen LogP contribution >= 0.6 is 0 Å². The van der Waals surface area contributed by atoms with E-state index >= 15 is 0 Å². The number of aliphatic hydroxyl groups excluding tert-OH is 1. The van der Waals surface area contributed by atoms with Crippen LogP contribution in [-0.4, -0.2) is 23.6 Å². The molecule has 0 spiro atoms.